The van der Waals surface area contributed by atoms with E-state index in [1.165, 1.54) is 0 Å². The van der Waals surface area contributed by atoms with E-state index >= 15 is 0 Å². The molecule has 1 aliphatic heterocycles. The maximum absolute atomic E-state index is 12.2. The highest BCUT2D eigenvalue weighted by molar-refractivity contribution is 5.85. The number of rotatable bonds is 5. The van der Waals surface area contributed by atoms with Crippen molar-refractivity contribution in [2.24, 2.45) is 5.73 Å². The van der Waals surface area contributed by atoms with Crippen LogP contribution in [0.5, 0.6) is 0 Å². The monoisotopic (exact) mass is 338 g/mol. The molecule has 1 saturated heterocycles. The maximum atomic E-state index is 12.2. The molecule has 0 spiro atoms. The van der Waals surface area contributed by atoms with E-state index in [1.807, 2.05) is 23.1 Å². The maximum Gasteiger partial charge on any atom is 0.323 e. The van der Waals surface area contributed by atoms with E-state index in [2.05, 4.69) is 9.97 Å². The first-order chi connectivity index (χ1) is 10.7. The van der Waals surface area contributed by atoms with Gasteiger partial charge in [-0.1, -0.05) is 6.07 Å². The number of carbonyl (C=O) groups excluding carboxylic acids is 1. The summed E-state index contributed by atoms with van der Waals surface area (Å²) in [7, 11) is 0. The molecule has 4 N–H and O–H groups in total. The Morgan fingerprint density at radius 1 is 1.30 bits per heavy atom. The minimum atomic E-state index is -0.191. The molecule has 0 saturated carbocycles. The molecule has 1 atom stereocenters. The molecule has 3 rings (SSSR count). The van der Waals surface area contributed by atoms with Gasteiger partial charge in [0.2, 0.25) is 5.91 Å². The Balaban J connectivity index is 0.00000192. The molecule has 1 aromatic heterocycles. The summed E-state index contributed by atoms with van der Waals surface area (Å²) in [6, 6.07) is 6.09. The third kappa shape index (κ3) is 3.95. The van der Waals surface area contributed by atoms with E-state index in [-0.39, 0.29) is 30.0 Å². The zero-order chi connectivity index (χ0) is 15.5. The summed E-state index contributed by atoms with van der Waals surface area (Å²) in [6.45, 7) is 1.40. The molecule has 1 aromatic carbocycles. The fourth-order valence-electron chi connectivity index (χ4n) is 3.23. The van der Waals surface area contributed by atoms with Gasteiger partial charge in [0.05, 0.1) is 11.0 Å². The Morgan fingerprint density at radius 2 is 2.09 bits per heavy atom. The molecule has 7 heteroatoms. The highest BCUT2D eigenvalue weighted by Crippen LogP contribution is 2.18. The van der Waals surface area contributed by atoms with Gasteiger partial charge in [0.15, 0.2) is 0 Å². The molecule has 2 aromatic rings. The van der Waals surface area contributed by atoms with Crippen LogP contribution in [-0.4, -0.2) is 39.9 Å². The minimum absolute atomic E-state index is 0. The van der Waals surface area contributed by atoms with E-state index in [9.17, 15) is 9.59 Å². The normalized spacial score (nSPS) is 17.4. The summed E-state index contributed by atoms with van der Waals surface area (Å²) in [4.78, 5) is 30.9. The van der Waals surface area contributed by atoms with Gasteiger partial charge in [-0.05, 0) is 43.4 Å². The van der Waals surface area contributed by atoms with Crippen LogP contribution in [-0.2, 0) is 11.2 Å². The second kappa shape index (κ2) is 7.66. The Hall–Kier alpha value is -1.79. The highest BCUT2D eigenvalue weighted by Gasteiger charge is 2.26. The largest absolute Gasteiger partial charge is 0.338 e. The number of aryl methyl sites for hydroxylation is 1. The van der Waals surface area contributed by atoms with Crippen LogP contribution in [0.25, 0.3) is 11.0 Å². The van der Waals surface area contributed by atoms with Crippen LogP contribution in [0.3, 0.4) is 0 Å². The lowest BCUT2D eigenvalue weighted by atomic mass is 10.1. The standard InChI is InChI=1S/C16H22N4O2.ClH/c17-10-12-4-2-8-20(12)15(21)5-1-3-11-6-7-13-14(9-11)19-16(22)18-13;/h6-7,9,12H,1-5,8,10,17H2,(H2,18,19,22);1H. The minimum Gasteiger partial charge on any atom is -0.338 e. The molecule has 1 fully saturated rings. The van der Waals surface area contributed by atoms with E-state index in [0.717, 1.165) is 48.8 Å². The third-order valence-corrected chi connectivity index (χ3v) is 4.41. The Labute approximate surface area is 140 Å². The van der Waals surface area contributed by atoms with E-state index < -0.39 is 0 Å². The Kier molecular flexibility index (Phi) is 5.85. The lowest BCUT2D eigenvalue weighted by molar-refractivity contribution is -0.131. The summed E-state index contributed by atoms with van der Waals surface area (Å²) in [5.41, 5.74) is 8.28. The SMILES string of the molecule is Cl.NCC1CCCN1C(=O)CCCc1ccc2[nH]c(=O)[nH]c2c1. The number of likely N-dealkylation sites (tertiary alicyclic amines) is 1. The lowest BCUT2D eigenvalue weighted by Crippen LogP contribution is -2.39. The number of hydrogen-bond donors (Lipinski definition) is 3. The van der Waals surface area contributed by atoms with Crippen LogP contribution in [0.4, 0.5) is 0 Å². The molecular weight excluding hydrogens is 316 g/mol. The van der Waals surface area contributed by atoms with Crippen LogP contribution in [0.2, 0.25) is 0 Å². The predicted octanol–water partition coefficient (Wildman–Crippen LogP) is 1.55. The number of halogens is 1. The first-order valence-corrected chi connectivity index (χ1v) is 7.88. The van der Waals surface area contributed by atoms with Gasteiger partial charge in [0.1, 0.15) is 0 Å². The number of nitrogens with two attached hydrogens (primary N) is 1. The van der Waals surface area contributed by atoms with Crippen LogP contribution >= 0.6 is 12.4 Å². The number of fused-ring (bicyclic) bond motifs is 1. The fraction of sp³-hybridized carbons (Fsp3) is 0.500. The lowest BCUT2D eigenvalue weighted by Gasteiger charge is -2.23. The second-order valence-electron chi connectivity index (χ2n) is 5.93. The van der Waals surface area contributed by atoms with Crippen LogP contribution in [0.15, 0.2) is 23.0 Å². The topological polar surface area (TPSA) is 95.0 Å². The quantitative estimate of drug-likeness (QED) is 0.772. The first kappa shape index (κ1) is 17.6. The molecule has 126 valence electrons. The van der Waals surface area contributed by atoms with Crippen molar-refractivity contribution in [1.29, 1.82) is 0 Å². The summed E-state index contributed by atoms with van der Waals surface area (Å²) in [6.07, 6.45) is 4.28. The van der Waals surface area contributed by atoms with Crippen molar-refractivity contribution < 1.29 is 4.79 Å². The molecule has 2 heterocycles. The number of H-pyrrole nitrogens is 2. The zero-order valence-corrected chi connectivity index (χ0v) is 13.8. The molecule has 0 bridgehead atoms. The molecule has 1 unspecified atom stereocenters. The zero-order valence-electron chi connectivity index (χ0n) is 13.0. The molecule has 1 amide bonds. The number of nitrogens with one attached hydrogen (secondary N) is 2. The molecule has 0 aliphatic carbocycles. The molecular formula is C16H23ClN4O2. The summed E-state index contributed by atoms with van der Waals surface area (Å²) in [5.74, 6) is 0.212. The first-order valence-electron chi connectivity index (χ1n) is 7.88. The number of nitrogens with zero attached hydrogens (tertiary/aromatic N) is 1. The summed E-state index contributed by atoms with van der Waals surface area (Å²) < 4.78 is 0. The molecule has 0 radical (unpaired) electrons. The number of aromatic nitrogens is 2. The van der Waals surface area contributed by atoms with Gasteiger partial charge in [0, 0.05) is 25.6 Å². The highest BCUT2D eigenvalue weighted by atomic mass is 35.5. The number of amides is 1. The second-order valence-corrected chi connectivity index (χ2v) is 5.93. The van der Waals surface area contributed by atoms with Crippen LogP contribution in [0.1, 0.15) is 31.2 Å². The van der Waals surface area contributed by atoms with Gasteiger partial charge in [0.25, 0.3) is 0 Å². The van der Waals surface area contributed by atoms with Crippen molar-refractivity contribution in [2.45, 2.75) is 38.1 Å². The van der Waals surface area contributed by atoms with Gasteiger partial charge in [-0.25, -0.2) is 4.79 Å². The Bertz CT molecular complexity index is 724. The van der Waals surface area contributed by atoms with Crippen molar-refractivity contribution in [3.8, 4) is 0 Å². The van der Waals surface area contributed by atoms with Gasteiger partial charge >= 0.3 is 5.69 Å². The van der Waals surface area contributed by atoms with Crippen molar-refractivity contribution in [3.63, 3.8) is 0 Å². The van der Waals surface area contributed by atoms with Gasteiger partial charge in [-0.3, -0.25) is 4.79 Å². The molecule has 23 heavy (non-hydrogen) atoms. The number of imidazole rings is 1. The van der Waals surface area contributed by atoms with Crippen molar-refractivity contribution in [1.82, 2.24) is 14.9 Å². The summed E-state index contributed by atoms with van der Waals surface area (Å²) in [5, 5.41) is 0. The number of aromatic amines is 2. The van der Waals surface area contributed by atoms with E-state index in [1.54, 1.807) is 0 Å². The molecule has 1 aliphatic rings. The van der Waals surface area contributed by atoms with Gasteiger partial charge < -0.3 is 20.6 Å². The number of carbonyl (C=O) groups is 1. The third-order valence-electron chi connectivity index (χ3n) is 4.41. The average molecular weight is 339 g/mol. The summed E-state index contributed by atoms with van der Waals surface area (Å²) >= 11 is 0. The number of benzene rings is 1. The fourth-order valence-corrected chi connectivity index (χ4v) is 3.23. The van der Waals surface area contributed by atoms with E-state index in [4.69, 9.17) is 5.73 Å². The smallest absolute Gasteiger partial charge is 0.323 e. The predicted molar refractivity (Wildman–Crippen MR) is 92.9 cm³/mol. The van der Waals surface area contributed by atoms with E-state index in [0.29, 0.717) is 13.0 Å². The van der Waals surface area contributed by atoms with Gasteiger partial charge in [-0.2, -0.15) is 0 Å². The van der Waals surface area contributed by atoms with Gasteiger partial charge in [-0.15, -0.1) is 12.4 Å². The Morgan fingerprint density at radius 3 is 2.87 bits per heavy atom. The van der Waals surface area contributed by atoms with Crippen LogP contribution < -0.4 is 11.4 Å². The van der Waals surface area contributed by atoms with Crippen LogP contribution in [0, 0.1) is 0 Å². The van der Waals surface area contributed by atoms with Crippen molar-refractivity contribution >= 4 is 29.3 Å². The molecule has 6 nitrogen and oxygen atoms in total. The number of hydrogen-bond acceptors (Lipinski definition) is 3. The van der Waals surface area contributed by atoms with Crippen molar-refractivity contribution in [3.05, 3.63) is 34.2 Å². The average Bonchev–Trinajstić information content (AvgIpc) is 3.11. The van der Waals surface area contributed by atoms with Crippen molar-refractivity contribution in [2.75, 3.05) is 13.1 Å².